The van der Waals surface area contributed by atoms with Crippen LogP contribution >= 0.6 is 23.1 Å². The molecule has 0 bridgehead atoms. The van der Waals surface area contributed by atoms with Gasteiger partial charge in [0.25, 0.3) is 5.91 Å². The molecule has 2 aromatic heterocycles. The summed E-state index contributed by atoms with van der Waals surface area (Å²) in [5.41, 5.74) is 2.42. The second-order valence-electron chi connectivity index (χ2n) is 5.48. The van der Waals surface area contributed by atoms with E-state index in [1.165, 1.54) is 16.9 Å². The third kappa shape index (κ3) is 3.74. The van der Waals surface area contributed by atoms with Gasteiger partial charge in [0.2, 0.25) is 5.13 Å². The van der Waals surface area contributed by atoms with Crippen molar-refractivity contribution in [3.63, 3.8) is 0 Å². The van der Waals surface area contributed by atoms with Crippen LogP contribution in [0.5, 0.6) is 0 Å². The Hall–Kier alpha value is -2.77. The maximum atomic E-state index is 12.6. The van der Waals surface area contributed by atoms with E-state index in [4.69, 9.17) is 0 Å². The van der Waals surface area contributed by atoms with Gasteiger partial charge in [0.15, 0.2) is 4.34 Å². The Morgan fingerprint density at radius 3 is 2.73 bits per heavy atom. The quantitative estimate of drug-likeness (QED) is 0.405. The number of benzene rings is 2. The van der Waals surface area contributed by atoms with Crippen LogP contribution in [-0.4, -0.2) is 21.1 Å². The molecule has 0 aliphatic carbocycles. The molecule has 4 rings (SSSR count). The number of thioether (sulfide) groups is 1. The summed E-state index contributed by atoms with van der Waals surface area (Å²) in [6, 6.07) is 19.5. The summed E-state index contributed by atoms with van der Waals surface area (Å²) < 4.78 is 0.820. The van der Waals surface area contributed by atoms with Gasteiger partial charge in [-0.3, -0.25) is 15.1 Å². The Balaban J connectivity index is 1.46. The highest BCUT2D eigenvalue weighted by Gasteiger charge is 2.14. The van der Waals surface area contributed by atoms with Crippen molar-refractivity contribution in [1.29, 1.82) is 0 Å². The molecular formula is C19H14N4OS2. The van der Waals surface area contributed by atoms with Gasteiger partial charge in [-0.2, -0.15) is 0 Å². The highest BCUT2D eigenvalue weighted by molar-refractivity contribution is 8.00. The predicted molar refractivity (Wildman–Crippen MR) is 106 cm³/mol. The van der Waals surface area contributed by atoms with Gasteiger partial charge >= 0.3 is 0 Å². The number of pyridine rings is 1. The molecule has 5 nitrogen and oxygen atoms in total. The average Bonchev–Trinajstić information content (AvgIpc) is 3.14. The lowest BCUT2D eigenvalue weighted by atomic mass is 10.1. The number of para-hydroxylation sites is 1. The fourth-order valence-corrected chi connectivity index (χ4v) is 4.19. The first kappa shape index (κ1) is 16.7. The molecule has 0 fully saturated rings. The van der Waals surface area contributed by atoms with Crippen LogP contribution in [-0.2, 0) is 5.75 Å². The average molecular weight is 378 g/mol. The standard InChI is InChI=1S/C19H14N4OS2/c24-17(15-10-4-8-14-9-5-11-20-16(14)15)21-18-22-23-19(26-18)25-12-13-6-2-1-3-7-13/h1-11H,12H2,(H,21,22,24). The Morgan fingerprint density at radius 1 is 1.00 bits per heavy atom. The van der Waals surface area contributed by atoms with Crippen LogP contribution in [0, 0.1) is 0 Å². The predicted octanol–water partition coefficient (Wildman–Crippen LogP) is 4.63. The first-order valence-corrected chi connectivity index (χ1v) is 9.75. The van der Waals surface area contributed by atoms with Crippen molar-refractivity contribution in [2.75, 3.05) is 5.32 Å². The molecular weight excluding hydrogens is 364 g/mol. The minimum absolute atomic E-state index is 0.231. The second kappa shape index (κ2) is 7.63. The maximum Gasteiger partial charge on any atom is 0.259 e. The van der Waals surface area contributed by atoms with Gasteiger partial charge in [-0.1, -0.05) is 71.6 Å². The summed E-state index contributed by atoms with van der Waals surface area (Å²) in [7, 11) is 0. The molecule has 1 amide bonds. The number of carbonyl (C=O) groups excluding carboxylic acids is 1. The van der Waals surface area contributed by atoms with Gasteiger partial charge < -0.3 is 0 Å². The van der Waals surface area contributed by atoms with Crippen LogP contribution in [0.25, 0.3) is 10.9 Å². The van der Waals surface area contributed by atoms with Crippen molar-refractivity contribution >= 4 is 45.0 Å². The van der Waals surface area contributed by atoms with E-state index >= 15 is 0 Å². The Labute approximate surface area is 158 Å². The lowest BCUT2D eigenvalue weighted by Gasteiger charge is -2.04. The van der Waals surface area contributed by atoms with Crippen molar-refractivity contribution in [3.05, 3.63) is 78.0 Å². The van der Waals surface area contributed by atoms with E-state index in [2.05, 4.69) is 32.6 Å². The summed E-state index contributed by atoms with van der Waals surface area (Å²) in [4.78, 5) is 16.9. The summed E-state index contributed by atoms with van der Waals surface area (Å²) >= 11 is 2.97. The molecule has 0 spiro atoms. The van der Waals surface area contributed by atoms with Crippen LogP contribution in [0.2, 0.25) is 0 Å². The number of amides is 1. The molecule has 0 atom stereocenters. The van der Waals surface area contributed by atoms with Crippen LogP contribution in [0.4, 0.5) is 5.13 Å². The lowest BCUT2D eigenvalue weighted by molar-refractivity contribution is 0.102. The summed E-state index contributed by atoms with van der Waals surface area (Å²) in [5, 5.41) is 12.4. The molecule has 1 N–H and O–H groups in total. The topological polar surface area (TPSA) is 67.8 Å². The molecule has 0 unspecified atom stereocenters. The van der Waals surface area contributed by atoms with Crippen molar-refractivity contribution in [2.24, 2.45) is 0 Å². The highest BCUT2D eigenvalue weighted by atomic mass is 32.2. The van der Waals surface area contributed by atoms with E-state index in [-0.39, 0.29) is 5.91 Å². The number of hydrogen-bond donors (Lipinski definition) is 1. The molecule has 7 heteroatoms. The van der Waals surface area contributed by atoms with Gasteiger partial charge in [-0.25, -0.2) is 0 Å². The molecule has 4 aromatic rings. The Morgan fingerprint density at radius 2 is 1.85 bits per heavy atom. The van der Waals surface area contributed by atoms with E-state index in [0.717, 1.165) is 15.5 Å². The first-order chi connectivity index (χ1) is 12.8. The maximum absolute atomic E-state index is 12.6. The molecule has 26 heavy (non-hydrogen) atoms. The number of carbonyl (C=O) groups is 1. The fourth-order valence-electron chi connectivity index (χ4n) is 2.49. The summed E-state index contributed by atoms with van der Waals surface area (Å²) in [6.07, 6.45) is 1.68. The number of aromatic nitrogens is 3. The van der Waals surface area contributed by atoms with E-state index in [0.29, 0.717) is 16.2 Å². The second-order valence-corrected chi connectivity index (χ2v) is 7.68. The zero-order valence-corrected chi connectivity index (χ0v) is 15.3. The molecule has 0 saturated heterocycles. The summed E-state index contributed by atoms with van der Waals surface area (Å²) in [6.45, 7) is 0. The molecule has 0 radical (unpaired) electrons. The van der Waals surface area contributed by atoms with Crippen LogP contribution in [0.1, 0.15) is 15.9 Å². The minimum Gasteiger partial charge on any atom is -0.296 e. The van der Waals surface area contributed by atoms with E-state index in [1.807, 2.05) is 42.5 Å². The zero-order valence-electron chi connectivity index (χ0n) is 13.6. The molecule has 128 valence electrons. The lowest BCUT2D eigenvalue weighted by Crippen LogP contribution is -2.12. The van der Waals surface area contributed by atoms with E-state index in [9.17, 15) is 4.79 Å². The van der Waals surface area contributed by atoms with Gasteiger partial charge in [-0.05, 0) is 17.7 Å². The van der Waals surface area contributed by atoms with Crippen molar-refractivity contribution in [3.8, 4) is 0 Å². The van der Waals surface area contributed by atoms with Gasteiger partial charge in [0.05, 0.1) is 11.1 Å². The van der Waals surface area contributed by atoms with Crippen LogP contribution < -0.4 is 5.32 Å². The van der Waals surface area contributed by atoms with Crippen molar-refractivity contribution < 1.29 is 4.79 Å². The smallest absolute Gasteiger partial charge is 0.259 e. The minimum atomic E-state index is -0.231. The fraction of sp³-hybridized carbons (Fsp3) is 0.0526. The van der Waals surface area contributed by atoms with E-state index < -0.39 is 0 Å². The largest absolute Gasteiger partial charge is 0.296 e. The van der Waals surface area contributed by atoms with Crippen LogP contribution in [0.3, 0.4) is 0 Å². The molecule has 2 heterocycles. The van der Waals surface area contributed by atoms with Crippen molar-refractivity contribution in [1.82, 2.24) is 15.2 Å². The highest BCUT2D eigenvalue weighted by Crippen LogP contribution is 2.28. The molecule has 0 saturated carbocycles. The van der Waals surface area contributed by atoms with Crippen molar-refractivity contribution in [2.45, 2.75) is 10.1 Å². The summed E-state index contributed by atoms with van der Waals surface area (Å²) in [5.74, 6) is 0.585. The normalized spacial score (nSPS) is 10.8. The molecule has 0 aliphatic rings. The first-order valence-electron chi connectivity index (χ1n) is 7.95. The Kier molecular flexibility index (Phi) is 4.90. The van der Waals surface area contributed by atoms with Gasteiger partial charge in [-0.15, -0.1) is 10.2 Å². The van der Waals surface area contributed by atoms with Crippen LogP contribution in [0.15, 0.2) is 71.2 Å². The Bertz CT molecular complexity index is 1040. The number of rotatable bonds is 5. The van der Waals surface area contributed by atoms with Gasteiger partial charge in [0, 0.05) is 17.3 Å². The van der Waals surface area contributed by atoms with E-state index in [1.54, 1.807) is 24.0 Å². The monoisotopic (exact) mass is 378 g/mol. The number of nitrogens with one attached hydrogen (secondary N) is 1. The number of anilines is 1. The third-order valence-electron chi connectivity index (χ3n) is 3.71. The SMILES string of the molecule is O=C(Nc1nnc(SCc2ccccc2)s1)c1cccc2cccnc12. The molecule has 0 aliphatic heterocycles. The number of hydrogen-bond acceptors (Lipinski definition) is 6. The number of nitrogens with zero attached hydrogens (tertiary/aromatic N) is 3. The van der Waals surface area contributed by atoms with Gasteiger partial charge in [0.1, 0.15) is 0 Å². The number of fused-ring (bicyclic) bond motifs is 1. The third-order valence-corrected chi connectivity index (χ3v) is 5.75. The molecule has 2 aromatic carbocycles. The zero-order chi connectivity index (χ0) is 17.8.